The summed E-state index contributed by atoms with van der Waals surface area (Å²) in [5.74, 6) is 0.360. The van der Waals surface area contributed by atoms with E-state index in [-0.39, 0.29) is 24.2 Å². The van der Waals surface area contributed by atoms with Gasteiger partial charge in [-0.1, -0.05) is 26.0 Å². The molecule has 1 aromatic carbocycles. The Hall–Kier alpha value is -1.88. The summed E-state index contributed by atoms with van der Waals surface area (Å²) >= 11 is 0. The highest BCUT2D eigenvalue weighted by atomic mass is 16.5. The molecule has 1 unspecified atom stereocenters. The van der Waals surface area contributed by atoms with Crippen LogP contribution in [0.25, 0.3) is 0 Å². The molecule has 1 atom stereocenters. The van der Waals surface area contributed by atoms with Gasteiger partial charge in [0.15, 0.2) is 12.4 Å². The number of ketones is 1. The van der Waals surface area contributed by atoms with Crippen molar-refractivity contribution in [3.63, 3.8) is 0 Å². The predicted molar refractivity (Wildman–Crippen MR) is 82.2 cm³/mol. The molecular weight excluding hydrogens is 268 g/mol. The SMILES string of the molecule is CNCc1ccc(OCC(=O)NC(C(C)=O)C(C)C)cc1. The van der Waals surface area contributed by atoms with Gasteiger partial charge in [0.2, 0.25) is 0 Å². The Kier molecular flexibility index (Phi) is 6.88. The molecule has 0 bridgehead atoms. The Morgan fingerprint density at radius 2 is 1.81 bits per heavy atom. The van der Waals surface area contributed by atoms with Gasteiger partial charge in [0.25, 0.3) is 5.91 Å². The number of hydrogen-bond acceptors (Lipinski definition) is 4. The zero-order chi connectivity index (χ0) is 15.8. The minimum Gasteiger partial charge on any atom is -0.484 e. The summed E-state index contributed by atoms with van der Waals surface area (Å²) in [4.78, 5) is 23.2. The molecule has 0 saturated heterocycles. The maximum atomic E-state index is 11.8. The summed E-state index contributed by atoms with van der Waals surface area (Å²) < 4.78 is 5.42. The van der Waals surface area contributed by atoms with Gasteiger partial charge < -0.3 is 15.4 Å². The van der Waals surface area contributed by atoms with Crippen LogP contribution in [0.3, 0.4) is 0 Å². The van der Waals surface area contributed by atoms with Gasteiger partial charge in [0.05, 0.1) is 6.04 Å². The number of ether oxygens (including phenoxy) is 1. The Bertz CT molecular complexity index is 469. The maximum absolute atomic E-state index is 11.8. The standard InChI is InChI=1S/C16H24N2O3/c1-11(2)16(12(3)19)18-15(20)10-21-14-7-5-13(6-8-14)9-17-4/h5-8,11,16-17H,9-10H2,1-4H3,(H,18,20). The van der Waals surface area contributed by atoms with E-state index in [4.69, 9.17) is 4.74 Å². The first-order chi connectivity index (χ1) is 9.93. The van der Waals surface area contributed by atoms with Gasteiger partial charge in [0, 0.05) is 6.54 Å². The zero-order valence-corrected chi connectivity index (χ0v) is 13.1. The van der Waals surface area contributed by atoms with Crippen molar-refractivity contribution in [3.8, 4) is 5.75 Å². The van der Waals surface area contributed by atoms with E-state index < -0.39 is 6.04 Å². The minimum atomic E-state index is -0.459. The van der Waals surface area contributed by atoms with Crippen LogP contribution < -0.4 is 15.4 Å². The average molecular weight is 292 g/mol. The van der Waals surface area contributed by atoms with Crippen LogP contribution in [0.4, 0.5) is 0 Å². The van der Waals surface area contributed by atoms with E-state index in [1.165, 1.54) is 6.92 Å². The summed E-state index contributed by atoms with van der Waals surface area (Å²) in [6, 6.07) is 7.07. The third-order valence-corrected chi connectivity index (χ3v) is 3.10. The lowest BCUT2D eigenvalue weighted by Crippen LogP contribution is -2.45. The molecule has 0 radical (unpaired) electrons. The summed E-state index contributed by atoms with van der Waals surface area (Å²) in [5, 5.41) is 5.75. The van der Waals surface area contributed by atoms with Crippen molar-refractivity contribution >= 4 is 11.7 Å². The molecule has 1 aromatic rings. The van der Waals surface area contributed by atoms with E-state index in [9.17, 15) is 9.59 Å². The van der Waals surface area contributed by atoms with Gasteiger partial charge in [-0.25, -0.2) is 0 Å². The van der Waals surface area contributed by atoms with Crippen molar-refractivity contribution in [2.45, 2.75) is 33.4 Å². The van der Waals surface area contributed by atoms with E-state index in [1.807, 2.05) is 45.2 Å². The van der Waals surface area contributed by atoms with Gasteiger partial charge in [-0.05, 0) is 37.6 Å². The van der Waals surface area contributed by atoms with Crippen LogP contribution in [-0.4, -0.2) is 31.4 Å². The van der Waals surface area contributed by atoms with E-state index in [2.05, 4.69) is 10.6 Å². The fourth-order valence-corrected chi connectivity index (χ4v) is 2.01. The molecule has 5 heteroatoms. The van der Waals surface area contributed by atoms with Crippen LogP contribution in [0.5, 0.6) is 5.75 Å². The first kappa shape index (κ1) is 17.2. The Labute approximate surface area is 126 Å². The Morgan fingerprint density at radius 3 is 2.29 bits per heavy atom. The molecular formula is C16H24N2O3. The van der Waals surface area contributed by atoms with Crippen molar-refractivity contribution in [2.24, 2.45) is 5.92 Å². The van der Waals surface area contributed by atoms with Gasteiger partial charge >= 0.3 is 0 Å². The molecule has 0 saturated carbocycles. The summed E-state index contributed by atoms with van der Waals surface area (Å²) in [6.07, 6.45) is 0. The fraction of sp³-hybridized carbons (Fsp3) is 0.500. The highest BCUT2D eigenvalue weighted by Gasteiger charge is 2.20. The van der Waals surface area contributed by atoms with Crippen molar-refractivity contribution < 1.29 is 14.3 Å². The molecule has 116 valence electrons. The highest BCUT2D eigenvalue weighted by Crippen LogP contribution is 2.12. The Morgan fingerprint density at radius 1 is 1.19 bits per heavy atom. The quantitative estimate of drug-likeness (QED) is 0.762. The highest BCUT2D eigenvalue weighted by molar-refractivity contribution is 5.88. The van der Waals surface area contributed by atoms with Crippen molar-refractivity contribution in [2.75, 3.05) is 13.7 Å². The van der Waals surface area contributed by atoms with Crippen molar-refractivity contribution in [1.29, 1.82) is 0 Å². The average Bonchev–Trinajstić information content (AvgIpc) is 2.43. The zero-order valence-electron chi connectivity index (χ0n) is 13.1. The molecule has 0 aliphatic carbocycles. The fourth-order valence-electron chi connectivity index (χ4n) is 2.01. The normalized spacial score (nSPS) is 12.0. The molecule has 5 nitrogen and oxygen atoms in total. The number of benzene rings is 1. The summed E-state index contributed by atoms with van der Waals surface area (Å²) in [6.45, 7) is 5.96. The van der Waals surface area contributed by atoms with Crippen LogP contribution in [0, 0.1) is 5.92 Å². The lowest BCUT2D eigenvalue weighted by molar-refractivity contribution is -0.129. The molecule has 0 heterocycles. The van der Waals surface area contributed by atoms with Crippen LogP contribution >= 0.6 is 0 Å². The third-order valence-electron chi connectivity index (χ3n) is 3.10. The third kappa shape index (κ3) is 5.95. The van der Waals surface area contributed by atoms with Crippen molar-refractivity contribution in [3.05, 3.63) is 29.8 Å². The molecule has 1 rings (SSSR count). The van der Waals surface area contributed by atoms with Gasteiger partial charge in [0.1, 0.15) is 5.75 Å². The van der Waals surface area contributed by atoms with E-state index in [1.54, 1.807) is 0 Å². The topological polar surface area (TPSA) is 67.4 Å². The largest absolute Gasteiger partial charge is 0.484 e. The number of rotatable bonds is 8. The van der Waals surface area contributed by atoms with E-state index >= 15 is 0 Å². The number of Topliss-reactive ketones (excluding diaryl/α,β-unsaturated/α-hetero) is 1. The van der Waals surface area contributed by atoms with Crippen molar-refractivity contribution in [1.82, 2.24) is 10.6 Å². The van der Waals surface area contributed by atoms with Gasteiger partial charge in [-0.2, -0.15) is 0 Å². The van der Waals surface area contributed by atoms with E-state index in [0.717, 1.165) is 12.1 Å². The number of carbonyl (C=O) groups excluding carboxylic acids is 2. The van der Waals surface area contributed by atoms with Gasteiger partial charge in [-0.3, -0.25) is 9.59 Å². The number of nitrogens with one attached hydrogen (secondary N) is 2. The molecule has 1 amide bonds. The molecule has 0 aliphatic heterocycles. The van der Waals surface area contributed by atoms with Crippen LogP contribution in [0.1, 0.15) is 26.3 Å². The minimum absolute atomic E-state index is 0.0465. The van der Waals surface area contributed by atoms with E-state index in [0.29, 0.717) is 5.75 Å². The molecule has 0 aliphatic rings. The lowest BCUT2D eigenvalue weighted by Gasteiger charge is -2.19. The van der Waals surface area contributed by atoms with Crippen LogP contribution in [0.2, 0.25) is 0 Å². The number of carbonyl (C=O) groups is 2. The first-order valence-electron chi connectivity index (χ1n) is 7.10. The molecule has 0 spiro atoms. The molecule has 0 fully saturated rings. The second-order valence-corrected chi connectivity index (χ2v) is 5.36. The van der Waals surface area contributed by atoms with Crippen LogP contribution in [-0.2, 0) is 16.1 Å². The monoisotopic (exact) mass is 292 g/mol. The smallest absolute Gasteiger partial charge is 0.258 e. The maximum Gasteiger partial charge on any atom is 0.258 e. The summed E-state index contributed by atoms with van der Waals surface area (Å²) in [5.41, 5.74) is 1.14. The second kappa shape index (κ2) is 8.42. The first-order valence-corrected chi connectivity index (χ1v) is 7.10. The van der Waals surface area contributed by atoms with Gasteiger partial charge in [-0.15, -0.1) is 0 Å². The number of amides is 1. The van der Waals surface area contributed by atoms with Crippen LogP contribution in [0.15, 0.2) is 24.3 Å². The Balaban J connectivity index is 2.47. The summed E-state index contributed by atoms with van der Waals surface area (Å²) in [7, 11) is 1.88. The molecule has 21 heavy (non-hydrogen) atoms. The molecule has 2 N–H and O–H groups in total. The molecule has 0 aromatic heterocycles. The lowest BCUT2D eigenvalue weighted by atomic mass is 10.0. The predicted octanol–water partition coefficient (Wildman–Crippen LogP) is 1.51. The second-order valence-electron chi connectivity index (χ2n) is 5.36. The number of hydrogen-bond donors (Lipinski definition) is 2.